The van der Waals surface area contributed by atoms with Gasteiger partial charge in [0.2, 0.25) is 5.91 Å². The Morgan fingerprint density at radius 2 is 2.19 bits per heavy atom. The summed E-state index contributed by atoms with van der Waals surface area (Å²) in [6.45, 7) is 10.3. The van der Waals surface area contributed by atoms with Gasteiger partial charge in [-0.1, -0.05) is 36.5 Å². The predicted octanol–water partition coefficient (Wildman–Crippen LogP) is 4.80. The molecule has 0 unspecified atom stereocenters. The standard InChI is InChI=1S/C21H32IN3O/c1-5-6-8-19(10-12-24-18(3)26)15-21(25-22-4)14-17(2)13-20-9-7-11-23-16-20/h5-6,8,13-15,20,23H,1,7,9-12,16H2,2-4H3,(H,24,26)/b8-6-,17-13+,19-15-,21-14-/t20-/m0/s1. The highest BCUT2D eigenvalue weighted by Gasteiger charge is 2.09. The molecule has 0 radical (unpaired) electrons. The first-order valence-electron chi connectivity index (χ1n) is 9.10. The summed E-state index contributed by atoms with van der Waals surface area (Å²) < 4.78 is 4.74. The maximum Gasteiger partial charge on any atom is 0.216 e. The van der Waals surface area contributed by atoms with E-state index in [1.807, 2.05) is 12.2 Å². The maximum absolute atomic E-state index is 11.1. The number of rotatable bonds is 9. The number of amides is 1. The molecular formula is C21H32IN3O. The van der Waals surface area contributed by atoms with Crippen molar-refractivity contribution in [2.75, 3.05) is 24.6 Å². The summed E-state index contributed by atoms with van der Waals surface area (Å²) in [6, 6.07) is 0. The summed E-state index contributed by atoms with van der Waals surface area (Å²) in [5, 5.41) is 6.31. The van der Waals surface area contributed by atoms with Gasteiger partial charge in [0.25, 0.3) is 0 Å². The predicted molar refractivity (Wildman–Crippen MR) is 121 cm³/mol. The minimum atomic E-state index is -0.197. The summed E-state index contributed by atoms with van der Waals surface area (Å²) in [6.07, 6.45) is 15.7. The highest BCUT2D eigenvalue weighted by molar-refractivity contribution is 14.2. The third-order valence-corrected chi connectivity index (χ3v) is 5.00. The number of hydrogen-bond donors (Lipinski definition) is 2. The van der Waals surface area contributed by atoms with Crippen molar-refractivity contribution in [3.05, 3.63) is 59.9 Å². The van der Waals surface area contributed by atoms with Crippen LogP contribution in [0.5, 0.6) is 0 Å². The Bertz CT molecular complexity index is 609. The van der Waals surface area contributed by atoms with Crippen molar-refractivity contribution in [1.82, 2.24) is 10.6 Å². The minimum Gasteiger partial charge on any atom is -0.356 e. The van der Waals surface area contributed by atoms with Gasteiger partial charge in [-0.3, -0.25) is 4.79 Å². The number of carbonyl (C=O) groups is 1. The van der Waals surface area contributed by atoms with E-state index in [0.717, 1.165) is 30.8 Å². The highest BCUT2D eigenvalue weighted by atomic mass is 127. The molecule has 144 valence electrons. The summed E-state index contributed by atoms with van der Waals surface area (Å²) in [4.78, 5) is 13.2. The first-order valence-corrected chi connectivity index (χ1v) is 12.2. The fourth-order valence-corrected chi connectivity index (χ4v) is 3.67. The Morgan fingerprint density at radius 3 is 2.81 bits per heavy atom. The van der Waals surface area contributed by atoms with Crippen LogP contribution >= 0.6 is 21.0 Å². The van der Waals surface area contributed by atoms with E-state index >= 15 is 0 Å². The van der Waals surface area contributed by atoms with Crippen LogP contribution in [0.25, 0.3) is 0 Å². The minimum absolute atomic E-state index is 0.00297. The molecule has 0 spiro atoms. The van der Waals surface area contributed by atoms with Crippen molar-refractivity contribution < 1.29 is 4.79 Å². The van der Waals surface area contributed by atoms with Crippen molar-refractivity contribution >= 4 is 26.9 Å². The Hall–Kier alpha value is -1.34. The number of allylic oxidation sites excluding steroid dienone is 6. The molecule has 0 aromatic heterocycles. The lowest BCUT2D eigenvalue weighted by atomic mass is 9.97. The molecule has 5 heteroatoms. The van der Waals surface area contributed by atoms with Gasteiger partial charge in [-0.15, -0.1) is 0 Å². The zero-order valence-corrected chi connectivity index (χ0v) is 18.4. The van der Waals surface area contributed by atoms with E-state index in [1.165, 1.54) is 18.4 Å². The van der Waals surface area contributed by atoms with Gasteiger partial charge < -0.3 is 10.6 Å². The molecule has 0 aromatic rings. The van der Waals surface area contributed by atoms with Crippen LogP contribution in [0.15, 0.2) is 63.0 Å². The zero-order valence-electron chi connectivity index (χ0n) is 16.2. The van der Waals surface area contributed by atoms with E-state index < -0.39 is 0 Å². The normalized spacial score (nSPS) is 20.3. The second-order valence-corrected chi connectivity index (χ2v) is 7.83. The Kier molecular flexibility index (Phi) is 12.1. The first kappa shape index (κ1) is 22.7. The summed E-state index contributed by atoms with van der Waals surface area (Å²) >= 11 is -0.197. The van der Waals surface area contributed by atoms with Gasteiger partial charge in [0.05, 0.1) is 5.70 Å². The van der Waals surface area contributed by atoms with Crippen LogP contribution in [0.3, 0.4) is 0 Å². The van der Waals surface area contributed by atoms with Crippen molar-refractivity contribution in [3.63, 3.8) is 0 Å². The molecule has 1 rings (SSSR count). The molecule has 0 bridgehead atoms. The monoisotopic (exact) mass is 469 g/mol. The van der Waals surface area contributed by atoms with Gasteiger partial charge >= 0.3 is 0 Å². The third kappa shape index (κ3) is 10.6. The van der Waals surface area contributed by atoms with E-state index in [-0.39, 0.29) is 26.9 Å². The molecule has 26 heavy (non-hydrogen) atoms. The smallest absolute Gasteiger partial charge is 0.216 e. The van der Waals surface area contributed by atoms with E-state index in [9.17, 15) is 4.79 Å². The largest absolute Gasteiger partial charge is 0.356 e. The molecule has 1 atom stereocenters. The number of carbonyl (C=O) groups excluding carboxylic acids is 1. The molecule has 0 saturated carbocycles. The Balaban J connectivity index is 2.94. The van der Waals surface area contributed by atoms with Crippen LogP contribution in [0.1, 0.15) is 33.1 Å². The third-order valence-electron chi connectivity index (χ3n) is 3.96. The second kappa shape index (κ2) is 13.8. The number of halogens is 1. The number of nitrogens with zero attached hydrogens (tertiary/aromatic N) is 1. The average Bonchev–Trinajstić information content (AvgIpc) is 2.60. The van der Waals surface area contributed by atoms with Crippen molar-refractivity contribution in [1.29, 1.82) is 0 Å². The maximum atomic E-state index is 11.1. The average molecular weight is 469 g/mol. The fraction of sp³-hybridized carbons (Fsp3) is 0.476. The quantitative estimate of drug-likeness (QED) is 0.290. The van der Waals surface area contributed by atoms with Gasteiger partial charge in [0.15, 0.2) is 0 Å². The van der Waals surface area contributed by atoms with Gasteiger partial charge in [0.1, 0.15) is 0 Å². The lowest BCUT2D eigenvalue weighted by Crippen LogP contribution is -2.28. The molecule has 1 heterocycles. The molecule has 1 fully saturated rings. The topological polar surface area (TPSA) is 53.5 Å². The van der Waals surface area contributed by atoms with Crippen LogP contribution in [0, 0.1) is 5.92 Å². The number of alkyl halides is 1. The molecule has 1 saturated heterocycles. The van der Waals surface area contributed by atoms with E-state index in [1.54, 1.807) is 13.0 Å². The van der Waals surface area contributed by atoms with Crippen LogP contribution in [0.4, 0.5) is 0 Å². The first-order chi connectivity index (χ1) is 12.5. The molecule has 1 aliphatic heterocycles. The second-order valence-electron chi connectivity index (χ2n) is 6.39. The lowest BCUT2D eigenvalue weighted by Gasteiger charge is -2.20. The summed E-state index contributed by atoms with van der Waals surface area (Å²) in [5.74, 6) is 0.609. The van der Waals surface area contributed by atoms with Gasteiger partial charge in [0, 0.05) is 24.9 Å². The van der Waals surface area contributed by atoms with Gasteiger partial charge in [-0.05, 0) is 77.4 Å². The van der Waals surface area contributed by atoms with Crippen molar-refractivity contribution in [2.45, 2.75) is 33.1 Å². The fourth-order valence-electron chi connectivity index (χ4n) is 2.83. The number of nitrogens with one attached hydrogen (secondary N) is 2. The van der Waals surface area contributed by atoms with E-state index in [2.05, 4.69) is 47.3 Å². The van der Waals surface area contributed by atoms with Crippen LogP contribution in [-0.4, -0.2) is 30.5 Å². The number of piperidine rings is 1. The van der Waals surface area contributed by atoms with Crippen LogP contribution in [0.2, 0.25) is 0 Å². The summed E-state index contributed by atoms with van der Waals surface area (Å²) in [7, 11) is 0. The lowest BCUT2D eigenvalue weighted by molar-refractivity contribution is -0.118. The molecule has 1 amide bonds. The van der Waals surface area contributed by atoms with Crippen molar-refractivity contribution in [3.8, 4) is 0 Å². The Morgan fingerprint density at radius 1 is 1.38 bits per heavy atom. The van der Waals surface area contributed by atoms with Crippen LogP contribution in [-0.2, 0) is 4.79 Å². The SMILES string of the molecule is C=C\C=C/C(=C/C(=C/C(C)=C/[C@@H]1CCCNC1)N=IC)CCNC(C)=O. The highest BCUT2D eigenvalue weighted by Crippen LogP contribution is 2.18. The van der Waals surface area contributed by atoms with Crippen molar-refractivity contribution in [2.24, 2.45) is 9.06 Å². The molecular weight excluding hydrogens is 437 g/mol. The Labute approximate surface area is 168 Å². The molecule has 1 aliphatic rings. The molecule has 0 aliphatic carbocycles. The number of hydrogen-bond acceptors (Lipinski definition) is 3. The van der Waals surface area contributed by atoms with Crippen LogP contribution < -0.4 is 10.6 Å². The zero-order chi connectivity index (χ0) is 19.2. The molecule has 4 nitrogen and oxygen atoms in total. The molecule has 2 N–H and O–H groups in total. The van der Waals surface area contributed by atoms with E-state index in [0.29, 0.717) is 12.5 Å². The van der Waals surface area contributed by atoms with E-state index in [4.69, 9.17) is 3.15 Å². The van der Waals surface area contributed by atoms with Gasteiger partial charge in [-0.25, -0.2) is 3.15 Å². The summed E-state index contributed by atoms with van der Waals surface area (Å²) in [5.41, 5.74) is 3.42. The molecule has 0 aromatic carbocycles. The van der Waals surface area contributed by atoms with Gasteiger partial charge in [-0.2, -0.15) is 0 Å².